The quantitative estimate of drug-likeness (QED) is 0.842. The van der Waals surface area contributed by atoms with Crippen LogP contribution in [0.1, 0.15) is 37.7 Å². The van der Waals surface area contributed by atoms with Gasteiger partial charge in [-0.15, -0.1) is 0 Å². The second kappa shape index (κ2) is 7.92. The number of rotatable bonds is 7. The van der Waals surface area contributed by atoms with Gasteiger partial charge in [0, 0.05) is 19.8 Å². The molecule has 1 aromatic carbocycles. The average Bonchev–Trinajstić information content (AvgIpc) is 2.48. The zero-order chi connectivity index (χ0) is 15.1. The van der Waals surface area contributed by atoms with Crippen molar-refractivity contribution in [3.63, 3.8) is 0 Å². The second-order valence-corrected chi connectivity index (χ2v) is 7.68. The second-order valence-electron chi connectivity index (χ2n) is 5.83. The van der Waals surface area contributed by atoms with Crippen molar-refractivity contribution in [1.82, 2.24) is 4.72 Å². The molecule has 0 saturated carbocycles. The predicted octanol–water partition coefficient (Wildman–Crippen LogP) is 2.53. The summed E-state index contributed by atoms with van der Waals surface area (Å²) in [6.45, 7) is 4.00. The molecule has 118 valence electrons. The van der Waals surface area contributed by atoms with Crippen LogP contribution >= 0.6 is 0 Å². The summed E-state index contributed by atoms with van der Waals surface area (Å²) in [6.07, 6.45) is 2.51. The van der Waals surface area contributed by atoms with E-state index in [1.54, 1.807) is 0 Å². The highest BCUT2D eigenvalue weighted by atomic mass is 32.2. The van der Waals surface area contributed by atoms with E-state index in [9.17, 15) is 8.42 Å². The van der Waals surface area contributed by atoms with Gasteiger partial charge < -0.3 is 4.74 Å². The zero-order valence-electron chi connectivity index (χ0n) is 12.6. The van der Waals surface area contributed by atoms with Crippen LogP contribution in [-0.4, -0.2) is 33.9 Å². The van der Waals surface area contributed by atoms with E-state index in [2.05, 4.69) is 23.8 Å². The van der Waals surface area contributed by atoms with Gasteiger partial charge in [-0.3, -0.25) is 0 Å². The fourth-order valence-corrected chi connectivity index (χ4v) is 4.16. The molecule has 2 rings (SSSR count). The van der Waals surface area contributed by atoms with Crippen molar-refractivity contribution in [3.05, 3.63) is 35.9 Å². The van der Waals surface area contributed by atoms with Crippen LogP contribution in [-0.2, 0) is 14.8 Å². The van der Waals surface area contributed by atoms with Gasteiger partial charge in [0.2, 0.25) is 10.0 Å². The van der Waals surface area contributed by atoms with E-state index < -0.39 is 10.0 Å². The van der Waals surface area contributed by atoms with Gasteiger partial charge in [-0.05, 0) is 36.7 Å². The third kappa shape index (κ3) is 5.77. The van der Waals surface area contributed by atoms with Crippen molar-refractivity contribution in [2.45, 2.75) is 32.1 Å². The van der Waals surface area contributed by atoms with Crippen LogP contribution in [0.5, 0.6) is 0 Å². The van der Waals surface area contributed by atoms with Gasteiger partial charge in [0.15, 0.2) is 0 Å². The van der Waals surface area contributed by atoms with Crippen LogP contribution in [0, 0.1) is 5.92 Å². The topological polar surface area (TPSA) is 55.4 Å². The molecule has 1 atom stereocenters. The van der Waals surface area contributed by atoms with Crippen LogP contribution in [0.15, 0.2) is 30.3 Å². The van der Waals surface area contributed by atoms with Crippen molar-refractivity contribution in [2.75, 3.05) is 25.5 Å². The Labute approximate surface area is 127 Å². The van der Waals surface area contributed by atoms with E-state index in [1.165, 1.54) is 5.56 Å². The standard InChI is InChI=1S/C16H25NO3S/c1-14(16-5-3-2-4-6-16)7-10-17-21(18,19)13-15-8-11-20-12-9-15/h2-6,14-15,17H,7-13H2,1H3/t14-/m1/s1. The van der Waals surface area contributed by atoms with E-state index in [-0.39, 0.29) is 11.7 Å². The SMILES string of the molecule is C[C@H](CCNS(=O)(=O)CC1CCOCC1)c1ccccc1. The molecule has 1 N–H and O–H groups in total. The van der Waals surface area contributed by atoms with Crippen LogP contribution in [0.3, 0.4) is 0 Å². The molecule has 0 amide bonds. The Morgan fingerprint density at radius 3 is 2.57 bits per heavy atom. The molecule has 1 saturated heterocycles. The molecule has 0 aliphatic carbocycles. The summed E-state index contributed by atoms with van der Waals surface area (Å²) < 4.78 is 32.1. The van der Waals surface area contributed by atoms with Crippen molar-refractivity contribution in [1.29, 1.82) is 0 Å². The molecule has 0 spiro atoms. The number of nitrogens with one attached hydrogen (secondary N) is 1. The average molecular weight is 311 g/mol. The Bertz CT molecular complexity index is 510. The summed E-state index contributed by atoms with van der Waals surface area (Å²) in [7, 11) is -3.16. The van der Waals surface area contributed by atoms with Crippen molar-refractivity contribution < 1.29 is 13.2 Å². The van der Waals surface area contributed by atoms with Crippen molar-refractivity contribution >= 4 is 10.0 Å². The van der Waals surface area contributed by atoms with Gasteiger partial charge in [-0.1, -0.05) is 37.3 Å². The van der Waals surface area contributed by atoms with E-state index in [0.29, 0.717) is 25.7 Å². The molecule has 0 aromatic heterocycles. The van der Waals surface area contributed by atoms with E-state index in [0.717, 1.165) is 19.3 Å². The van der Waals surface area contributed by atoms with E-state index in [4.69, 9.17) is 4.74 Å². The molecule has 1 heterocycles. The largest absolute Gasteiger partial charge is 0.381 e. The molecule has 1 aliphatic rings. The molecule has 4 nitrogen and oxygen atoms in total. The van der Waals surface area contributed by atoms with Gasteiger partial charge in [-0.25, -0.2) is 13.1 Å². The molecule has 1 aromatic rings. The molecule has 1 aliphatic heterocycles. The first-order valence-corrected chi connectivity index (χ1v) is 9.32. The fourth-order valence-electron chi connectivity index (χ4n) is 2.66. The first kappa shape index (κ1) is 16.5. The summed E-state index contributed by atoms with van der Waals surface area (Å²) in [5.74, 6) is 0.829. The Morgan fingerprint density at radius 1 is 1.24 bits per heavy atom. The highest BCUT2D eigenvalue weighted by molar-refractivity contribution is 7.89. The zero-order valence-corrected chi connectivity index (χ0v) is 13.4. The van der Waals surface area contributed by atoms with Crippen LogP contribution in [0.2, 0.25) is 0 Å². The van der Waals surface area contributed by atoms with Crippen molar-refractivity contribution in [2.24, 2.45) is 5.92 Å². The van der Waals surface area contributed by atoms with Crippen molar-refractivity contribution in [3.8, 4) is 0 Å². The first-order chi connectivity index (χ1) is 10.1. The summed E-state index contributed by atoms with van der Waals surface area (Å²) >= 11 is 0. The van der Waals surface area contributed by atoms with Crippen LogP contribution < -0.4 is 4.72 Å². The highest BCUT2D eigenvalue weighted by Crippen LogP contribution is 2.19. The molecular weight excluding hydrogens is 286 g/mol. The number of hydrogen-bond acceptors (Lipinski definition) is 3. The third-order valence-corrected chi connectivity index (χ3v) is 5.62. The third-order valence-electron chi connectivity index (χ3n) is 4.06. The maximum absolute atomic E-state index is 12.1. The maximum atomic E-state index is 12.1. The number of sulfonamides is 1. The molecule has 0 bridgehead atoms. The lowest BCUT2D eigenvalue weighted by molar-refractivity contribution is 0.0723. The summed E-state index contributed by atoms with van der Waals surface area (Å²) in [5, 5.41) is 0. The fraction of sp³-hybridized carbons (Fsp3) is 0.625. The summed E-state index contributed by atoms with van der Waals surface area (Å²) in [4.78, 5) is 0. The Hall–Kier alpha value is -0.910. The molecule has 0 unspecified atom stereocenters. The van der Waals surface area contributed by atoms with E-state index in [1.807, 2.05) is 18.2 Å². The molecule has 21 heavy (non-hydrogen) atoms. The lowest BCUT2D eigenvalue weighted by atomic mass is 9.98. The molecule has 5 heteroatoms. The lowest BCUT2D eigenvalue weighted by Crippen LogP contribution is -2.33. The van der Waals surface area contributed by atoms with Gasteiger partial charge in [0.05, 0.1) is 5.75 Å². The monoisotopic (exact) mass is 311 g/mol. The summed E-state index contributed by atoms with van der Waals surface area (Å²) in [6, 6.07) is 10.2. The normalized spacial score (nSPS) is 18.5. The minimum absolute atomic E-state index is 0.232. The Balaban J connectivity index is 1.74. The predicted molar refractivity (Wildman–Crippen MR) is 84.8 cm³/mol. The molecule has 1 fully saturated rings. The van der Waals surface area contributed by atoms with Crippen LogP contribution in [0.25, 0.3) is 0 Å². The Morgan fingerprint density at radius 2 is 1.90 bits per heavy atom. The number of benzene rings is 1. The molecular formula is C16H25NO3S. The van der Waals surface area contributed by atoms with Gasteiger partial charge in [0.25, 0.3) is 0 Å². The Kier molecular flexibility index (Phi) is 6.21. The minimum atomic E-state index is -3.16. The minimum Gasteiger partial charge on any atom is -0.381 e. The van der Waals surface area contributed by atoms with E-state index >= 15 is 0 Å². The smallest absolute Gasteiger partial charge is 0.211 e. The highest BCUT2D eigenvalue weighted by Gasteiger charge is 2.21. The molecule has 0 radical (unpaired) electrons. The lowest BCUT2D eigenvalue weighted by Gasteiger charge is -2.22. The number of ether oxygens (including phenoxy) is 1. The van der Waals surface area contributed by atoms with Crippen LogP contribution in [0.4, 0.5) is 0 Å². The van der Waals surface area contributed by atoms with Gasteiger partial charge >= 0.3 is 0 Å². The maximum Gasteiger partial charge on any atom is 0.211 e. The summed E-state index contributed by atoms with van der Waals surface area (Å²) in [5.41, 5.74) is 1.25. The number of hydrogen-bond donors (Lipinski definition) is 1. The van der Waals surface area contributed by atoms with Gasteiger partial charge in [0.1, 0.15) is 0 Å². The van der Waals surface area contributed by atoms with Gasteiger partial charge in [-0.2, -0.15) is 0 Å². The first-order valence-electron chi connectivity index (χ1n) is 7.67.